The van der Waals surface area contributed by atoms with Gasteiger partial charge in [0.25, 0.3) is 0 Å². The Kier molecular flexibility index (Phi) is 2.74. The van der Waals surface area contributed by atoms with Crippen LogP contribution in [0.2, 0.25) is 0 Å². The van der Waals surface area contributed by atoms with Crippen molar-refractivity contribution in [3.63, 3.8) is 0 Å². The van der Waals surface area contributed by atoms with E-state index in [4.69, 9.17) is 14.2 Å². The highest BCUT2D eigenvalue weighted by Crippen LogP contribution is 2.36. The fourth-order valence-corrected chi connectivity index (χ4v) is 1.69. The second kappa shape index (κ2) is 4.54. The minimum Gasteiger partial charge on any atom is -0.454 e. The van der Waals surface area contributed by atoms with Gasteiger partial charge in [-0.3, -0.25) is 0 Å². The molecule has 0 aliphatic carbocycles. The summed E-state index contributed by atoms with van der Waals surface area (Å²) >= 11 is 0. The zero-order chi connectivity index (χ0) is 12.4. The van der Waals surface area contributed by atoms with Crippen LogP contribution in [0.1, 0.15) is 5.56 Å². The first kappa shape index (κ1) is 10.9. The van der Waals surface area contributed by atoms with E-state index in [1.165, 1.54) is 0 Å². The standard InChI is InChI=1S/C13H11NO4/c15-7-9-2-1-5-14-13(9)18-10-3-4-11-12(6-10)17-8-16-11/h1-6,15H,7-8H2. The number of ether oxygens (including phenoxy) is 3. The number of hydrogen-bond donors (Lipinski definition) is 1. The molecule has 0 saturated carbocycles. The maximum absolute atomic E-state index is 9.19. The maximum atomic E-state index is 9.19. The minimum absolute atomic E-state index is 0.117. The highest BCUT2D eigenvalue weighted by molar-refractivity contribution is 5.48. The fourth-order valence-electron chi connectivity index (χ4n) is 1.69. The van der Waals surface area contributed by atoms with Crippen molar-refractivity contribution >= 4 is 0 Å². The minimum atomic E-state index is -0.117. The van der Waals surface area contributed by atoms with Crippen molar-refractivity contribution in [3.8, 4) is 23.1 Å². The van der Waals surface area contributed by atoms with Gasteiger partial charge in [0.2, 0.25) is 12.7 Å². The smallest absolute Gasteiger partial charge is 0.231 e. The van der Waals surface area contributed by atoms with Crippen LogP contribution in [-0.4, -0.2) is 16.9 Å². The van der Waals surface area contributed by atoms with E-state index in [-0.39, 0.29) is 13.4 Å². The summed E-state index contributed by atoms with van der Waals surface area (Å²) in [6.45, 7) is 0.109. The molecule has 1 aromatic carbocycles. The molecule has 0 bridgehead atoms. The number of hydrogen-bond acceptors (Lipinski definition) is 5. The molecule has 5 heteroatoms. The first-order valence-electron chi connectivity index (χ1n) is 5.49. The van der Waals surface area contributed by atoms with Crippen molar-refractivity contribution < 1.29 is 19.3 Å². The molecule has 1 aromatic heterocycles. The van der Waals surface area contributed by atoms with E-state index >= 15 is 0 Å². The molecule has 5 nitrogen and oxygen atoms in total. The molecular formula is C13H11NO4. The van der Waals surface area contributed by atoms with Gasteiger partial charge in [-0.1, -0.05) is 0 Å². The van der Waals surface area contributed by atoms with E-state index in [9.17, 15) is 5.11 Å². The van der Waals surface area contributed by atoms with Crippen molar-refractivity contribution in [3.05, 3.63) is 42.1 Å². The first-order chi connectivity index (χ1) is 8.86. The number of pyridine rings is 1. The first-order valence-corrected chi connectivity index (χ1v) is 5.49. The van der Waals surface area contributed by atoms with Gasteiger partial charge in [-0.25, -0.2) is 4.98 Å². The molecule has 0 spiro atoms. The zero-order valence-corrected chi connectivity index (χ0v) is 9.50. The molecular weight excluding hydrogens is 234 g/mol. The van der Waals surface area contributed by atoms with E-state index in [1.807, 2.05) is 0 Å². The lowest BCUT2D eigenvalue weighted by Gasteiger charge is -2.08. The molecule has 0 saturated heterocycles. The lowest BCUT2D eigenvalue weighted by Crippen LogP contribution is -1.94. The average molecular weight is 245 g/mol. The normalized spacial score (nSPS) is 12.5. The van der Waals surface area contributed by atoms with Gasteiger partial charge in [-0.05, 0) is 24.3 Å². The number of aliphatic hydroxyl groups excluding tert-OH is 1. The summed E-state index contributed by atoms with van der Waals surface area (Å²) in [5.74, 6) is 2.33. The summed E-state index contributed by atoms with van der Waals surface area (Å²) in [5.41, 5.74) is 0.634. The van der Waals surface area contributed by atoms with Gasteiger partial charge < -0.3 is 19.3 Å². The fraction of sp³-hybridized carbons (Fsp3) is 0.154. The summed E-state index contributed by atoms with van der Waals surface area (Å²) in [6, 6.07) is 8.79. The predicted molar refractivity (Wildman–Crippen MR) is 62.8 cm³/mol. The highest BCUT2D eigenvalue weighted by atomic mass is 16.7. The Morgan fingerprint density at radius 1 is 1.22 bits per heavy atom. The summed E-state index contributed by atoms with van der Waals surface area (Å²) in [6.07, 6.45) is 1.61. The van der Waals surface area contributed by atoms with Crippen molar-refractivity contribution in [1.29, 1.82) is 0 Å². The molecule has 3 rings (SSSR count). The molecule has 18 heavy (non-hydrogen) atoms. The molecule has 0 radical (unpaired) electrons. The van der Waals surface area contributed by atoms with Gasteiger partial charge in [0.1, 0.15) is 5.75 Å². The van der Waals surface area contributed by atoms with E-state index in [1.54, 1.807) is 36.5 Å². The van der Waals surface area contributed by atoms with Crippen molar-refractivity contribution in [2.24, 2.45) is 0 Å². The molecule has 0 fully saturated rings. The summed E-state index contributed by atoms with van der Waals surface area (Å²) in [5, 5.41) is 9.19. The number of rotatable bonds is 3. The lowest BCUT2D eigenvalue weighted by atomic mass is 10.3. The Balaban J connectivity index is 1.88. The molecule has 0 unspecified atom stereocenters. The van der Waals surface area contributed by atoms with Crippen LogP contribution in [0.4, 0.5) is 0 Å². The number of fused-ring (bicyclic) bond motifs is 1. The van der Waals surface area contributed by atoms with Crippen LogP contribution in [0.5, 0.6) is 23.1 Å². The topological polar surface area (TPSA) is 60.8 Å². The van der Waals surface area contributed by atoms with Gasteiger partial charge in [0, 0.05) is 17.8 Å². The van der Waals surface area contributed by atoms with Gasteiger partial charge in [0.05, 0.1) is 6.61 Å². The van der Waals surface area contributed by atoms with Crippen LogP contribution in [0.3, 0.4) is 0 Å². The SMILES string of the molecule is OCc1cccnc1Oc1ccc2c(c1)OCO2. The van der Waals surface area contributed by atoms with Gasteiger partial charge in [-0.2, -0.15) is 0 Å². The van der Waals surface area contributed by atoms with Crippen LogP contribution in [0, 0.1) is 0 Å². The van der Waals surface area contributed by atoms with Crippen LogP contribution in [0.15, 0.2) is 36.5 Å². The van der Waals surface area contributed by atoms with Gasteiger partial charge in [-0.15, -0.1) is 0 Å². The summed E-state index contributed by atoms with van der Waals surface area (Å²) in [7, 11) is 0. The third-order valence-electron chi connectivity index (χ3n) is 2.58. The molecule has 0 amide bonds. The van der Waals surface area contributed by atoms with Gasteiger partial charge >= 0.3 is 0 Å². The quantitative estimate of drug-likeness (QED) is 0.897. The number of nitrogens with zero attached hydrogens (tertiary/aromatic N) is 1. The second-order valence-corrected chi connectivity index (χ2v) is 3.74. The third-order valence-corrected chi connectivity index (χ3v) is 2.58. The van der Waals surface area contributed by atoms with Crippen molar-refractivity contribution in [1.82, 2.24) is 4.98 Å². The molecule has 0 atom stereocenters. The Hall–Kier alpha value is -2.27. The molecule has 2 heterocycles. The summed E-state index contributed by atoms with van der Waals surface area (Å²) in [4.78, 5) is 4.08. The van der Waals surface area contributed by atoms with Crippen LogP contribution >= 0.6 is 0 Å². The molecule has 1 N–H and O–H groups in total. The lowest BCUT2D eigenvalue weighted by molar-refractivity contribution is 0.174. The summed E-state index contributed by atoms with van der Waals surface area (Å²) < 4.78 is 16.1. The van der Waals surface area contributed by atoms with Crippen molar-refractivity contribution in [2.75, 3.05) is 6.79 Å². The Bertz CT molecular complexity index is 571. The average Bonchev–Trinajstić information content (AvgIpc) is 2.87. The molecule has 1 aliphatic rings. The van der Waals surface area contributed by atoms with Crippen LogP contribution < -0.4 is 14.2 Å². The highest BCUT2D eigenvalue weighted by Gasteiger charge is 2.14. The van der Waals surface area contributed by atoms with E-state index in [0.29, 0.717) is 28.7 Å². The second-order valence-electron chi connectivity index (χ2n) is 3.74. The maximum Gasteiger partial charge on any atom is 0.231 e. The van der Waals surface area contributed by atoms with Crippen LogP contribution in [-0.2, 0) is 6.61 Å². The number of benzene rings is 1. The van der Waals surface area contributed by atoms with Crippen LogP contribution in [0.25, 0.3) is 0 Å². The molecule has 2 aromatic rings. The Morgan fingerprint density at radius 3 is 3.00 bits per heavy atom. The van der Waals surface area contributed by atoms with Gasteiger partial charge in [0.15, 0.2) is 11.5 Å². The third kappa shape index (κ3) is 1.96. The predicted octanol–water partition coefficient (Wildman–Crippen LogP) is 2.09. The Morgan fingerprint density at radius 2 is 2.11 bits per heavy atom. The van der Waals surface area contributed by atoms with E-state index in [0.717, 1.165) is 0 Å². The molecule has 1 aliphatic heterocycles. The Labute approximate surface area is 104 Å². The van der Waals surface area contributed by atoms with E-state index in [2.05, 4.69) is 4.98 Å². The van der Waals surface area contributed by atoms with E-state index < -0.39 is 0 Å². The number of aliphatic hydroxyl groups is 1. The monoisotopic (exact) mass is 245 g/mol. The largest absolute Gasteiger partial charge is 0.454 e. The zero-order valence-electron chi connectivity index (χ0n) is 9.50. The molecule has 92 valence electrons. The number of aromatic nitrogens is 1. The van der Waals surface area contributed by atoms with Crippen molar-refractivity contribution in [2.45, 2.75) is 6.61 Å².